The van der Waals surface area contributed by atoms with Crippen molar-refractivity contribution in [3.8, 4) is 22.0 Å². The summed E-state index contributed by atoms with van der Waals surface area (Å²) < 4.78 is 0. The van der Waals surface area contributed by atoms with Gasteiger partial charge in [0.15, 0.2) is 0 Å². The first-order chi connectivity index (χ1) is 11.3. The van der Waals surface area contributed by atoms with E-state index in [1.165, 1.54) is 0 Å². The summed E-state index contributed by atoms with van der Waals surface area (Å²) in [5.74, 6) is 0.0390. The van der Waals surface area contributed by atoms with E-state index < -0.39 is 0 Å². The summed E-state index contributed by atoms with van der Waals surface area (Å²) in [6, 6.07) is 13.6. The van der Waals surface area contributed by atoms with Gasteiger partial charge in [0.05, 0.1) is 11.4 Å². The highest BCUT2D eigenvalue weighted by Crippen LogP contribution is 2.28. The molecular weight excluding hydrogens is 306 g/mol. The minimum atomic E-state index is 0.0390. The number of pyridine rings is 1. The molecule has 0 spiro atoms. The number of amides is 1. The van der Waals surface area contributed by atoms with Crippen molar-refractivity contribution in [2.24, 2.45) is 0 Å². The quantitative estimate of drug-likeness (QED) is 0.746. The van der Waals surface area contributed by atoms with Gasteiger partial charge in [0.25, 0.3) is 0 Å². The number of hydrogen-bond acceptors (Lipinski definition) is 4. The van der Waals surface area contributed by atoms with E-state index in [-0.39, 0.29) is 5.91 Å². The van der Waals surface area contributed by atoms with E-state index in [4.69, 9.17) is 0 Å². The normalized spacial score (nSPS) is 10.5. The van der Waals surface area contributed by atoms with Crippen LogP contribution in [0.2, 0.25) is 0 Å². The summed E-state index contributed by atoms with van der Waals surface area (Å²) in [4.78, 5) is 20.7. The molecule has 3 aromatic rings. The van der Waals surface area contributed by atoms with Crippen LogP contribution in [0.3, 0.4) is 0 Å². The SMILES string of the molecule is CCCC(=O)Nc1cccc(-c2csc(-c3ccccn3)n2)c1. The molecule has 116 valence electrons. The molecule has 23 heavy (non-hydrogen) atoms. The van der Waals surface area contributed by atoms with Crippen LogP contribution in [0, 0.1) is 0 Å². The van der Waals surface area contributed by atoms with Crippen LogP contribution >= 0.6 is 11.3 Å². The van der Waals surface area contributed by atoms with Crippen molar-refractivity contribution in [2.75, 3.05) is 5.32 Å². The van der Waals surface area contributed by atoms with Crippen LogP contribution in [-0.4, -0.2) is 15.9 Å². The van der Waals surface area contributed by atoms with Crippen molar-refractivity contribution in [3.63, 3.8) is 0 Å². The average molecular weight is 323 g/mol. The molecule has 0 aliphatic rings. The minimum Gasteiger partial charge on any atom is -0.326 e. The zero-order valence-electron chi connectivity index (χ0n) is 12.8. The van der Waals surface area contributed by atoms with Gasteiger partial charge in [0, 0.05) is 29.2 Å². The Kier molecular flexibility index (Phi) is 4.78. The van der Waals surface area contributed by atoms with Crippen LogP contribution in [0.1, 0.15) is 19.8 Å². The molecule has 0 unspecified atom stereocenters. The van der Waals surface area contributed by atoms with Gasteiger partial charge >= 0.3 is 0 Å². The second kappa shape index (κ2) is 7.15. The zero-order chi connectivity index (χ0) is 16.1. The fourth-order valence-corrected chi connectivity index (χ4v) is 3.02. The Morgan fingerprint density at radius 3 is 2.87 bits per heavy atom. The fraction of sp³-hybridized carbons (Fsp3) is 0.167. The van der Waals surface area contributed by atoms with Crippen LogP contribution in [0.15, 0.2) is 54.0 Å². The monoisotopic (exact) mass is 323 g/mol. The maximum Gasteiger partial charge on any atom is 0.224 e. The molecule has 0 aliphatic carbocycles. The molecule has 0 saturated carbocycles. The summed E-state index contributed by atoms with van der Waals surface area (Å²) in [6.07, 6.45) is 3.14. The van der Waals surface area contributed by atoms with E-state index in [0.717, 1.165) is 34.1 Å². The van der Waals surface area contributed by atoms with E-state index in [2.05, 4.69) is 15.3 Å². The topological polar surface area (TPSA) is 54.9 Å². The van der Waals surface area contributed by atoms with E-state index in [9.17, 15) is 4.79 Å². The smallest absolute Gasteiger partial charge is 0.224 e. The fourth-order valence-electron chi connectivity index (χ4n) is 2.22. The number of benzene rings is 1. The van der Waals surface area contributed by atoms with Gasteiger partial charge in [-0.25, -0.2) is 4.98 Å². The van der Waals surface area contributed by atoms with Gasteiger partial charge in [0.2, 0.25) is 5.91 Å². The number of aromatic nitrogens is 2. The summed E-state index contributed by atoms with van der Waals surface area (Å²) in [7, 11) is 0. The number of thiazole rings is 1. The molecule has 0 atom stereocenters. The molecule has 0 fully saturated rings. The van der Waals surface area contributed by atoms with Crippen molar-refractivity contribution in [3.05, 3.63) is 54.0 Å². The van der Waals surface area contributed by atoms with Gasteiger partial charge in [-0.2, -0.15) is 0 Å². The lowest BCUT2D eigenvalue weighted by Gasteiger charge is -2.05. The Balaban J connectivity index is 1.82. The molecule has 0 aliphatic heterocycles. The first-order valence-electron chi connectivity index (χ1n) is 7.53. The highest BCUT2D eigenvalue weighted by Gasteiger charge is 2.08. The van der Waals surface area contributed by atoms with Gasteiger partial charge in [-0.1, -0.05) is 25.1 Å². The van der Waals surface area contributed by atoms with Crippen molar-refractivity contribution < 1.29 is 4.79 Å². The summed E-state index contributed by atoms with van der Waals surface area (Å²) in [5, 5.41) is 5.82. The number of nitrogens with zero attached hydrogens (tertiary/aromatic N) is 2. The van der Waals surface area contributed by atoms with Crippen molar-refractivity contribution in [2.45, 2.75) is 19.8 Å². The second-order valence-corrected chi connectivity index (χ2v) is 5.99. The Morgan fingerprint density at radius 1 is 1.17 bits per heavy atom. The third kappa shape index (κ3) is 3.81. The Bertz CT molecular complexity index is 799. The number of rotatable bonds is 5. The molecule has 3 rings (SSSR count). The standard InChI is InChI=1S/C18H17N3OS/c1-2-6-17(22)20-14-8-5-7-13(11-14)16-12-23-18(21-16)15-9-3-4-10-19-15/h3-5,7-12H,2,6H2,1H3,(H,20,22). The Morgan fingerprint density at radius 2 is 2.09 bits per heavy atom. The molecule has 1 amide bonds. The third-order valence-electron chi connectivity index (χ3n) is 3.31. The minimum absolute atomic E-state index is 0.0390. The highest BCUT2D eigenvalue weighted by atomic mass is 32.1. The molecular formula is C18H17N3OS. The number of carbonyl (C=O) groups excluding carboxylic acids is 1. The summed E-state index contributed by atoms with van der Waals surface area (Å²) in [6.45, 7) is 1.99. The zero-order valence-corrected chi connectivity index (χ0v) is 13.6. The summed E-state index contributed by atoms with van der Waals surface area (Å²) >= 11 is 1.56. The summed E-state index contributed by atoms with van der Waals surface area (Å²) in [5.41, 5.74) is 3.55. The van der Waals surface area contributed by atoms with Gasteiger partial charge in [-0.3, -0.25) is 9.78 Å². The van der Waals surface area contributed by atoms with Crippen molar-refractivity contribution in [1.82, 2.24) is 9.97 Å². The van der Waals surface area contributed by atoms with E-state index in [0.29, 0.717) is 6.42 Å². The second-order valence-electron chi connectivity index (χ2n) is 5.13. The van der Waals surface area contributed by atoms with Gasteiger partial charge in [0.1, 0.15) is 5.01 Å². The molecule has 1 aromatic carbocycles. The molecule has 4 nitrogen and oxygen atoms in total. The van der Waals surface area contributed by atoms with E-state index >= 15 is 0 Å². The largest absolute Gasteiger partial charge is 0.326 e. The molecule has 0 saturated heterocycles. The van der Waals surface area contributed by atoms with E-state index in [1.807, 2.05) is 54.8 Å². The van der Waals surface area contributed by atoms with Crippen LogP contribution in [0.5, 0.6) is 0 Å². The van der Waals surface area contributed by atoms with Gasteiger partial charge < -0.3 is 5.32 Å². The van der Waals surface area contributed by atoms with Crippen molar-refractivity contribution in [1.29, 1.82) is 0 Å². The van der Waals surface area contributed by atoms with Gasteiger partial charge in [-0.15, -0.1) is 11.3 Å². The lowest BCUT2D eigenvalue weighted by Crippen LogP contribution is -2.10. The predicted octanol–water partition coefficient (Wildman–Crippen LogP) is 4.61. The Hall–Kier alpha value is -2.53. The molecule has 0 bridgehead atoms. The average Bonchev–Trinajstić information content (AvgIpc) is 3.06. The molecule has 0 radical (unpaired) electrons. The predicted molar refractivity (Wildman–Crippen MR) is 94.3 cm³/mol. The molecule has 2 heterocycles. The maximum absolute atomic E-state index is 11.7. The molecule has 1 N–H and O–H groups in total. The van der Waals surface area contributed by atoms with Crippen LogP contribution in [0.4, 0.5) is 5.69 Å². The Labute approximate surface area is 139 Å². The first-order valence-corrected chi connectivity index (χ1v) is 8.41. The third-order valence-corrected chi connectivity index (χ3v) is 4.17. The van der Waals surface area contributed by atoms with Crippen molar-refractivity contribution >= 4 is 22.9 Å². The number of anilines is 1. The number of carbonyl (C=O) groups is 1. The number of nitrogens with one attached hydrogen (secondary N) is 1. The highest BCUT2D eigenvalue weighted by molar-refractivity contribution is 7.13. The molecule has 2 aromatic heterocycles. The van der Waals surface area contributed by atoms with Gasteiger partial charge in [-0.05, 0) is 30.7 Å². The lowest BCUT2D eigenvalue weighted by molar-refractivity contribution is -0.116. The lowest BCUT2D eigenvalue weighted by atomic mass is 10.1. The molecule has 5 heteroatoms. The first kappa shape index (κ1) is 15.4. The van der Waals surface area contributed by atoms with E-state index in [1.54, 1.807) is 17.5 Å². The van der Waals surface area contributed by atoms with Crippen LogP contribution < -0.4 is 5.32 Å². The van der Waals surface area contributed by atoms with Crippen LogP contribution in [0.25, 0.3) is 22.0 Å². The number of hydrogen-bond donors (Lipinski definition) is 1. The van der Waals surface area contributed by atoms with Crippen LogP contribution in [-0.2, 0) is 4.79 Å². The maximum atomic E-state index is 11.7.